The number of hydrogen-bond donors (Lipinski definition) is 1. The van der Waals surface area contributed by atoms with Gasteiger partial charge in [-0.3, -0.25) is 4.79 Å². The van der Waals surface area contributed by atoms with E-state index in [9.17, 15) is 4.79 Å². The first-order chi connectivity index (χ1) is 11.6. The second-order valence-electron chi connectivity index (χ2n) is 6.34. The minimum absolute atomic E-state index is 0.00673. The van der Waals surface area contributed by atoms with Gasteiger partial charge in [-0.2, -0.15) is 0 Å². The Morgan fingerprint density at radius 1 is 1.33 bits per heavy atom. The van der Waals surface area contributed by atoms with Crippen molar-refractivity contribution in [2.24, 2.45) is 5.92 Å². The van der Waals surface area contributed by atoms with Crippen LogP contribution in [0.5, 0.6) is 11.5 Å². The minimum Gasteiger partial charge on any atom is -0.495 e. The van der Waals surface area contributed by atoms with Gasteiger partial charge in [0, 0.05) is 21.9 Å². The number of fused-ring (bicyclic) bond motifs is 2. The molecule has 1 saturated carbocycles. The third-order valence-corrected chi connectivity index (χ3v) is 5.28. The Morgan fingerprint density at radius 3 is 3.00 bits per heavy atom. The summed E-state index contributed by atoms with van der Waals surface area (Å²) < 4.78 is 11.0. The molecule has 1 heterocycles. The number of benzene rings is 2. The highest BCUT2D eigenvalue weighted by molar-refractivity contribution is 6.31. The molecule has 4 rings (SSSR count). The number of ether oxygens (including phenoxy) is 2. The van der Waals surface area contributed by atoms with Crippen molar-refractivity contribution >= 4 is 23.2 Å². The number of amides is 1. The molecule has 2 aliphatic rings. The van der Waals surface area contributed by atoms with Crippen LogP contribution in [0.15, 0.2) is 42.5 Å². The highest BCUT2D eigenvalue weighted by Crippen LogP contribution is 2.60. The second-order valence-corrected chi connectivity index (χ2v) is 6.78. The van der Waals surface area contributed by atoms with Gasteiger partial charge >= 0.3 is 0 Å². The standard InChI is InChI=1S/C19H18ClNO3/c1-23-17-7-6-12(20)10-15(17)21-18(22)14-11-19(14)8-9-24-16-5-3-2-4-13(16)19/h2-7,10,14H,8-9,11H2,1H3,(H,21,22). The zero-order valence-electron chi connectivity index (χ0n) is 13.3. The van der Waals surface area contributed by atoms with Crippen LogP contribution >= 0.6 is 11.6 Å². The molecule has 0 bridgehead atoms. The van der Waals surface area contributed by atoms with E-state index in [1.165, 1.54) is 0 Å². The lowest BCUT2D eigenvalue weighted by atomic mass is 9.87. The van der Waals surface area contributed by atoms with Crippen LogP contribution < -0.4 is 14.8 Å². The molecule has 1 aliphatic carbocycles. The first-order valence-corrected chi connectivity index (χ1v) is 8.38. The van der Waals surface area contributed by atoms with Gasteiger partial charge in [0.05, 0.1) is 19.4 Å². The monoisotopic (exact) mass is 343 g/mol. The minimum atomic E-state index is -0.0925. The van der Waals surface area contributed by atoms with Gasteiger partial charge in [0.1, 0.15) is 11.5 Å². The molecule has 124 valence electrons. The molecule has 1 amide bonds. The highest BCUT2D eigenvalue weighted by atomic mass is 35.5. The van der Waals surface area contributed by atoms with E-state index < -0.39 is 0 Å². The molecular formula is C19H18ClNO3. The molecule has 5 heteroatoms. The molecule has 0 saturated heterocycles. The molecule has 0 aromatic heterocycles. The number of halogens is 1. The van der Waals surface area contributed by atoms with Gasteiger partial charge in [0.25, 0.3) is 0 Å². The van der Waals surface area contributed by atoms with Crippen LogP contribution in [-0.4, -0.2) is 19.6 Å². The summed E-state index contributed by atoms with van der Waals surface area (Å²) in [6, 6.07) is 13.2. The van der Waals surface area contributed by atoms with Crippen LogP contribution in [0, 0.1) is 5.92 Å². The van der Waals surface area contributed by atoms with Crippen LogP contribution in [0.1, 0.15) is 18.4 Å². The van der Waals surface area contributed by atoms with E-state index in [4.69, 9.17) is 21.1 Å². The van der Waals surface area contributed by atoms with E-state index in [2.05, 4.69) is 11.4 Å². The quantitative estimate of drug-likeness (QED) is 0.915. The van der Waals surface area contributed by atoms with E-state index in [0.717, 1.165) is 24.2 Å². The van der Waals surface area contributed by atoms with E-state index in [1.54, 1.807) is 25.3 Å². The second kappa shape index (κ2) is 5.71. The predicted molar refractivity (Wildman–Crippen MR) is 93.0 cm³/mol. The van der Waals surface area contributed by atoms with Crippen molar-refractivity contribution in [2.45, 2.75) is 18.3 Å². The number of carbonyl (C=O) groups is 1. The van der Waals surface area contributed by atoms with Gasteiger partial charge in [-0.25, -0.2) is 0 Å². The molecule has 2 aromatic carbocycles. The summed E-state index contributed by atoms with van der Waals surface area (Å²) in [7, 11) is 1.58. The molecule has 1 aliphatic heterocycles. The summed E-state index contributed by atoms with van der Waals surface area (Å²) in [5, 5.41) is 3.54. The molecule has 2 atom stereocenters. The summed E-state index contributed by atoms with van der Waals surface area (Å²) in [4.78, 5) is 12.8. The van der Waals surface area contributed by atoms with Crippen LogP contribution in [0.4, 0.5) is 5.69 Å². The van der Waals surface area contributed by atoms with Crippen molar-refractivity contribution in [1.82, 2.24) is 0 Å². The van der Waals surface area contributed by atoms with Crippen molar-refractivity contribution in [3.63, 3.8) is 0 Å². The topological polar surface area (TPSA) is 47.6 Å². The Balaban J connectivity index is 1.57. The maximum atomic E-state index is 12.8. The Bertz CT molecular complexity index is 807. The summed E-state index contributed by atoms with van der Waals surface area (Å²) in [6.07, 6.45) is 1.72. The van der Waals surface area contributed by atoms with Crippen molar-refractivity contribution < 1.29 is 14.3 Å². The van der Waals surface area contributed by atoms with Gasteiger partial charge in [-0.1, -0.05) is 29.8 Å². The highest BCUT2D eigenvalue weighted by Gasteiger charge is 2.61. The molecule has 1 fully saturated rings. The molecule has 0 radical (unpaired) electrons. The molecular weight excluding hydrogens is 326 g/mol. The van der Waals surface area contributed by atoms with Crippen LogP contribution in [0.2, 0.25) is 5.02 Å². The molecule has 2 aromatic rings. The average molecular weight is 344 g/mol. The largest absolute Gasteiger partial charge is 0.495 e. The van der Waals surface area contributed by atoms with E-state index in [1.807, 2.05) is 18.2 Å². The van der Waals surface area contributed by atoms with E-state index >= 15 is 0 Å². The smallest absolute Gasteiger partial charge is 0.228 e. The third-order valence-electron chi connectivity index (χ3n) is 5.04. The van der Waals surface area contributed by atoms with Gasteiger partial charge in [0.15, 0.2) is 0 Å². The number of anilines is 1. The van der Waals surface area contributed by atoms with Gasteiger partial charge in [0.2, 0.25) is 5.91 Å². The fourth-order valence-corrected chi connectivity index (χ4v) is 3.87. The average Bonchev–Trinajstić information content (AvgIpc) is 3.30. The van der Waals surface area contributed by atoms with Gasteiger partial charge in [-0.15, -0.1) is 0 Å². The fraction of sp³-hybridized carbons (Fsp3) is 0.316. The van der Waals surface area contributed by atoms with Crippen molar-refractivity contribution in [3.8, 4) is 11.5 Å². The van der Waals surface area contributed by atoms with Crippen LogP contribution in [0.3, 0.4) is 0 Å². The molecule has 1 spiro atoms. The number of hydrogen-bond acceptors (Lipinski definition) is 3. The molecule has 1 N–H and O–H groups in total. The van der Waals surface area contributed by atoms with E-state index in [-0.39, 0.29) is 17.2 Å². The molecule has 2 unspecified atom stereocenters. The lowest BCUT2D eigenvalue weighted by Gasteiger charge is -2.26. The number of methoxy groups -OCH3 is 1. The normalized spacial score (nSPS) is 24.0. The Kier molecular flexibility index (Phi) is 3.65. The molecule has 24 heavy (non-hydrogen) atoms. The summed E-state index contributed by atoms with van der Waals surface area (Å²) >= 11 is 6.04. The zero-order chi connectivity index (χ0) is 16.7. The van der Waals surface area contributed by atoms with Crippen LogP contribution in [0.25, 0.3) is 0 Å². The Morgan fingerprint density at radius 2 is 2.17 bits per heavy atom. The fourth-order valence-electron chi connectivity index (χ4n) is 3.70. The summed E-state index contributed by atoms with van der Waals surface area (Å²) in [6.45, 7) is 0.654. The number of carbonyl (C=O) groups excluding carboxylic acids is 1. The third kappa shape index (κ3) is 2.42. The SMILES string of the molecule is COc1ccc(Cl)cc1NC(=O)C1CC12CCOc1ccccc12. The van der Waals surface area contributed by atoms with E-state index in [0.29, 0.717) is 23.1 Å². The van der Waals surface area contributed by atoms with Crippen molar-refractivity contribution in [3.05, 3.63) is 53.1 Å². The summed E-state index contributed by atoms with van der Waals surface area (Å²) in [5.41, 5.74) is 1.66. The number of para-hydroxylation sites is 1. The zero-order valence-corrected chi connectivity index (χ0v) is 14.1. The lowest BCUT2D eigenvalue weighted by Crippen LogP contribution is -2.26. The first kappa shape index (κ1) is 15.3. The van der Waals surface area contributed by atoms with Crippen molar-refractivity contribution in [1.29, 1.82) is 0 Å². The number of nitrogens with one attached hydrogen (secondary N) is 1. The van der Waals surface area contributed by atoms with Gasteiger partial charge in [-0.05, 0) is 37.1 Å². The maximum Gasteiger partial charge on any atom is 0.228 e. The number of rotatable bonds is 3. The van der Waals surface area contributed by atoms with Crippen molar-refractivity contribution in [2.75, 3.05) is 19.0 Å². The summed E-state index contributed by atoms with van der Waals surface area (Å²) in [5.74, 6) is 1.47. The predicted octanol–water partition coefficient (Wildman–Crippen LogP) is 4.03. The first-order valence-electron chi connectivity index (χ1n) is 8.01. The molecule has 4 nitrogen and oxygen atoms in total. The van der Waals surface area contributed by atoms with Gasteiger partial charge < -0.3 is 14.8 Å². The lowest BCUT2D eigenvalue weighted by molar-refractivity contribution is -0.117. The Hall–Kier alpha value is -2.20. The Labute approximate surface area is 145 Å². The maximum absolute atomic E-state index is 12.8. The van der Waals surface area contributed by atoms with Crippen LogP contribution in [-0.2, 0) is 10.2 Å².